The van der Waals surface area contributed by atoms with E-state index in [0.717, 1.165) is 10.0 Å². The maximum Gasteiger partial charge on any atom is 0.332 e. The van der Waals surface area contributed by atoms with Gasteiger partial charge in [0.15, 0.2) is 11.5 Å². The minimum absolute atomic E-state index is 0.520. The predicted octanol–water partition coefficient (Wildman–Crippen LogP) is 2.25. The molecule has 0 atom stereocenters. The topological polar surface area (TPSA) is 85.9 Å². The Morgan fingerprint density at radius 1 is 1.42 bits per heavy atom. The lowest BCUT2D eigenvalue weighted by Crippen LogP contribution is -2.24. The molecule has 0 unspecified atom stereocenters. The van der Waals surface area contributed by atoms with Gasteiger partial charge in [0, 0.05) is 0 Å². The fourth-order valence-electron chi connectivity index (χ4n) is 1.38. The van der Waals surface area contributed by atoms with Gasteiger partial charge in [0.1, 0.15) is 0 Å². The highest BCUT2D eigenvalue weighted by Crippen LogP contribution is 2.36. The van der Waals surface area contributed by atoms with Crippen LogP contribution < -0.4 is 20.6 Å². The van der Waals surface area contributed by atoms with E-state index >= 15 is 0 Å². The van der Waals surface area contributed by atoms with E-state index < -0.39 is 6.03 Å². The highest BCUT2D eigenvalue weighted by molar-refractivity contribution is 9.10. The monoisotopic (exact) mass is 329 g/mol. The normalized spacial score (nSPS) is 10.5. The minimum Gasteiger partial charge on any atom is -0.490 e. The van der Waals surface area contributed by atoms with Crippen LogP contribution in [0.5, 0.6) is 11.5 Å². The van der Waals surface area contributed by atoms with Crippen molar-refractivity contribution in [3.8, 4) is 11.5 Å². The zero-order valence-electron chi connectivity index (χ0n) is 10.8. The van der Waals surface area contributed by atoms with Crippen molar-refractivity contribution in [2.45, 2.75) is 13.8 Å². The lowest BCUT2D eigenvalue weighted by molar-refractivity contribution is 0.249. The molecule has 104 valence electrons. The molecule has 3 N–H and O–H groups in total. The van der Waals surface area contributed by atoms with Crippen molar-refractivity contribution in [2.75, 3.05) is 13.2 Å². The molecule has 0 aromatic heterocycles. The molecule has 19 heavy (non-hydrogen) atoms. The third-order valence-electron chi connectivity index (χ3n) is 2.01. The van der Waals surface area contributed by atoms with Crippen molar-refractivity contribution < 1.29 is 14.3 Å². The SMILES string of the molecule is CCOc1cc(/C=N/NC(N)=O)cc(Br)c1OCC. The Morgan fingerprint density at radius 2 is 2.11 bits per heavy atom. The van der Waals surface area contributed by atoms with Crippen molar-refractivity contribution in [1.82, 2.24) is 5.43 Å². The van der Waals surface area contributed by atoms with Gasteiger partial charge < -0.3 is 15.2 Å². The molecular formula is C12H16BrN3O3. The van der Waals surface area contributed by atoms with E-state index in [2.05, 4.69) is 26.5 Å². The summed E-state index contributed by atoms with van der Waals surface area (Å²) < 4.78 is 11.8. The number of hydrazone groups is 1. The summed E-state index contributed by atoms with van der Waals surface area (Å²) in [4.78, 5) is 10.5. The van der Waals surface area contributed by atoms with Crippen molar-refractivity contribution >= 4 is 28.2 Å². The van der Waals surface area contributed by atoms with Gasteiger partial charge in [-0.2, -0.15) is 5.10 Å². The average Bonchev–Trinajstić information content (AvgIpc) is 2.33. The van der Waals surface area contributed by atoms with E-state index in [0.29, 0.717) is 24.7 Å². The quantitative estimate of drug-likeness (QED) is 0.620. The second kappa shape index (κ2) is 7.63. The van der Waals surface area contributed by atoms with Crippen LogP contribution in [0.25, 0.3) is 0 Å². The third-order valence-corrected chi connectivity index (χ3v) is 2.60. The number of carbonyl (C=O) groups is 1. The second-order valence-corrected chi connectivity index (χ2v) is 4.28. The average molecular weight is 330 g/mol. The molecule has 2 amide bonds. The maximum atomic E-state index is 10.5. The number of benzene rings is 1. The van der Waals surface area contributed by atoms with Gasteiger partial charge in [-0.3, -0.25) is 0 Å². The highest BCUT2D eigenvalue weighted by atomic mass is 79.9. The first-order chi connectivity index (χ1) is 9.08. The lowest BCUT2D eigenvalue weighted by atomic mass is 10.2. The molecule has 0 saturated heterocycles. The summed E-state index contributed by atoms with van der Waals surface area (Å²) >= 11 is 3.41. The lowest BCUT2D eigenvalue weighted by Gasteiger charge is -2.13. The van der Waals surface area contributed by atoms with Crippen LogP contribution in [0, 0.1) is 0 Å². The molecule has 0 aliphatic carbocycles. The summed E-state index contributed by atoms with van der Waals surface area (Å²) in [5.74, 6) is 1.25. The maximum absolute atomic E-state index is 10.5. The van der Waals surface area contributed by atoms with Crippen LogP contribution in [0.4, 0.5) is 4.79 Å². The fraction of sp³-hybridized carbons (Fsp3) is 0.333. The predicted molar refractivity (Wildman–Crippen MR) is 76.8 cm³/mol. The first-order valence-electron chi connectivity index (χ1n) is 5.76. The number of rotatable bonds is 6. The fourth-order valence-corrected chi connectivity index (χ4v) is 1.95. The zero-order chi connectivity index (χ0) is 14.3. The Balaban J connectivity index is 3.01. The van der Waals surface area contributed by atoms with Crippen LogP contribution in [0.2, 0.25) is 0 Å². The van der Waals surface area contributed by atoms with Crippen LogP contribution >= 0.6 is 15.9 Å². The van der Waals surface area contributed by atoms with Gasteiger partial charge in [-0.25, -0.2) is 10.2 Å². The molecule has 0 spiro atoms. The molecule has 0 fully saturated rings. The molecule has 0 heterocycles. The molecule has 1 rings (SSSR count). The molecule has 0 saturated carbocycles. The smallest absolute Gasteiger partial charge is 0.332 e. The molecule has 1 aromatic rings. The Bertz CT molecular complexity index is 478. The van der Waals surface area contributed by atoms with Gasteiger partial charge in [-0.1, -0.05) is 0 Å². The van der Waals surface area contributed by atoms with E-state index in [9.17, 15) is 4.79 Å². The number of amides is 2. The van der Waals surface area contributed by atoms with Gasteiger partial charge in [-0.15, -0.1) is 0 Å². The van der Waals surface area contributed by atoms with Gasteiger partial charge in [-0.05, 0) is 47.5 Å². The van der Waals surface area contributed by atoms with E-state index in [1.807, 2.05) is 13.8 Å². The Morgan fingerprint density at radius 3 is 2.68 bits per heavy atom. The number of halogens is 1. The molecular weight excluding hydrogens is 314 g/mol. The molecule has 0 radical (unpaired) electrons. The molecule has 7 heteroatoms. The first-order valence-corrected chi connectivity index (χ1v) is 6.55. The van der Waals surface area contributed by atoms with E-state index in [4.69, 9.17) is 15.2 Å². The number of nitrogens with zero attached hydrogens (tertiary/aromatic N) is 1. The number of hydrogen-bond acceptors (Lipinski definition) is 4. The summed E-state index contributed by atoms with van der Waals surface area (Å²) in [6.07, 6.45) is 1.47. The van der Waals surface area contributed by atoms with Crippen molar-refractivity contribution in [2.24, 2.45) is 10.8 Å². The summed E-state index contributed by atoms with van der Waals surface area (Å²) in [5, 5.41) is 3.69. The van der Waals surface area contributed by atoms with Gasteiger partial charge >= 0.3 is 6.03 Å². The van der Waals surface area contributed by atoms with Gasteiger partial charge in [0.05, 0.1) is 23.9 Å². The number of nitrogens with two attached hydrogens (primary N) is 1. The van der Waals surface area contributed by atoms with Crippen molar-refractivity contribution in [3.63, 3.8) is 0 Å². The minimum atomic E-state index is -0.716. The number of ether oxygens (including phenoxy) is 2. The van der Waals surface area contributed by atoms with Crippen molar-refractivity contribution in [3.05, 3.63) is 22.2 Å². The number of hydrogen-bond donors (Lipinski definition) is 2. The number of carbonyl (C=O) groups excluding carboxylic acids is 1. The molecule has 0 aliphatic heterocycles. The number of nitrogens with one attached hydrogen (secondary N) is 1. The third kappa shape index (κ3) is 4.78. The summed E-state index contributed by atoms with van der Waals surface area (Å²) in [7, 11) is 0. The zero-order valence-corrected chi connectivity index (χ0v) is 12.4. The van der Waals surface area contributed by atoms with E-state index in [1.165, 1.54) is 6.21 Å². The molecule has 0 bridgehead atoms. The van der Waals surface area contributed by atoms with Crippen molar-refractivity contribution in [1.29, 1.82) is 0 Å². The Labute approximate surface area is 120 Å². The first kappa shape index (κ1) is 15.3. The van der Waals surface area contributed by atoms with Crippen LogP contribution in [0.15, 0.2) is 21.7 Å². The number of primary amides is 1. The molecule has 1 aromatic carbocycles. The highest BCUT2D eigenvalue weighted by Gasteiger charge is 2.11. The van der Waals surface area contributed by atoms with Gasteiger partial charge in [0.2, 0.25) is 0 Å². The summed E-state index contributed by atoms with van der Waals surface area (Å²) in [6.45, 7) is 4.84. The summed E-state index contributed by atoms with van der Waals surface area (Å²) in [6, 6.07) is 2.86. The summed E-state index contributed by atoms with van der Waals surface area (Å²) in [5.41, 5.74) is 7.78. The van der Waals surface area contributed by atoms with Crippen LogP contribution in [0.3, 0.4) is 0 Å². The number of urea groups is 1. The van der Waals surface area contributed by atoms with Crippen LogP contribution in [-0.4, -0.2) is 25.5 Å². The molecule has 0 aliphatic rings. The van der Waals surface area contributed by atoms with Crippen LogP contribution in [-0.2, 0) is 0 Å². The Hall–Kier alpha value is -1.76. The second-order valence-electron chi connectivity index (χ2n) is 3.43. The largest absolute Gasteiger partial charge is 0.490 e. The molecule has 6 nitrogen and oxygen atoms in total. The van der Waals surface area contributed by atoms with Gasteiger partial charge in [0.25, 0.3) is 0 Å². The van der Waals surface area contributed by atoms with E-state index in [1.54, 1.807) is 12.1 Å². The standard InChI is InChI=1S/C12H16BrN3O3/c1-3-18-10-6-8(7-15-16-12(14)17)5-9(13)11(10)19-4-2/h5-7H,3-4H2,1-2H3,(H3,14,16,17)/b15-7+. The van der Waals surface area contributed by atoms with Crippen LogP contribution in [0.1, 0.15) is 19.4 Å². The van der Waals surface area contributed by atoms with E-state index in [-0.39, 0.29) is 0 Å². The Kier molecular flexibility index (Phi) is 6.14.